The number of rotatable bonds is 16. The van der Waals surface area contributed by atoms with E-state index in [9.17, 15) is 60.0 Å². The zero-order chi connectivity index (χ0) is 36.8. The van der Waals surface area contributed by atoms with Crippen molar-refractivity contribution in [1.82, 2.24) is 0 Å². The van der Waals surface area contributed by atoms with Gasteiger partial charge < -0.3 is 0 Å². The Balaban J connectivity index is 1.85. The molecule has 18 heteroatoms. The molecule has 0 fully saturated rings. The van der Waals surface area contributed by atoms with E-state index >= 15 is 0 Å². The predicted molar refractivity (Wildman–Crippen MR) is 187 cm³/mol. The summed E-state index contributed by atoms with van der Waals surface area (Å²) >= 11 is 7.70. The van der Waals surface area contributed by atoms with Crippen LogP contribution in [0.25, 0.3) is 0 Å². The molecule has 12 N–H and O–H groups in total. The Bertz CT molecular complexity index is 1710. The van der Waals surface area contributed by atoms with Gasteiger partial charge in [0.2, 0.25) is 0 Å². The van der Waals surface area contributed by atoms with Gasteiger partial charge in [-0.1, -0.05) is 0 Å². The van der Waals surface area contributed by atoms with E-state index in [1.807, 2.05) is 0 Å². The molecule has 0 bridgehead atoms. The molecule has 0 saturated carbocycles. The first-order chi connectivity index (χ1) is 23.5. The van der Waals surface area contributed by atoms with Gasteiger partial charge in [-0.25, -0.2) is 0 Å². The van der Waals surface area contributed by atoms with Gasteiger partial charge in [-0.05, 0) is 0 Å². The van der Waals surface area contributed by atoms with Crippen molar-refractivity contribution in [2.45, 2.75) is 0 Å². The fourth-order valence-electron chi connectivity index (χ4n) is 4.71. The van der Waals surface area contributed by atoms with Crippen LogP contribution in [-0.2, 0) is 0 Å². The van der Waals surface area contributed by atoms with E-state index < -0.39 is 29.8 Å². The van der Waals surface area contributed by atoms with Crippen molar-refractivity contribution in [3.8, 4) is 23.0 Å². The normalized spacial score (nSPS) is 11.8. The molecule has 4 aromatic carbocycles. The Morgan fingerprint density at radius 3 is 0.820 bits per heavy atom. The molecule has 0 amide bonds. The van der Waals surface area contributed by atoms with Crippen LogP contribution in [0.3, 0.4) is 0 Å². The van der Waals surface area contributed by atoms with E-state index in [4.69, 9.17) is 11.2 Å². The van der Waals surface area contributed by atoms with E-state index in [0.29, 0.717) is 0 Å². The predicted octanol–water partition coefficient (Wildman–Crippen LogP) is 5.59. The second-order valence-electron chi connectivity index (χ2n) is 11.3. The number of aromatic carboxylic acids is 4. The van der Waals surface area contributed by atoms with Crippen LogP contribution in [0, 0.1) is 0 Å². The van der Waals surface area contributed by atoms with Gasteiger partial charge in [0.1, 0.15) is 0 Å². The summed E-state index contributed by atoms with van der Waals surface area (Å²) in [6.45, 7) is 0. The number of hydrogen-bond acceptors (Lipinski definition) is 12. The number of benzene rings is 4. The third kappa shape index (κ3) is 8.66. The Labute approximate surface area is 287 Å². The number of phenols is 4. The second kappa shape index (κ2) is 14.6. The first-order valence-electron chi connectivity index (χ1n) is 14.4. The van der Waals surface area contributed by atoms with Crippen LogP contribution < -0.4 is 21.3 Å². The van der Waals surface area contributed by atoms with E-state index in [1.54, 1.807) is 0 Å². The molecule has 4 aromatic rings. The molecule has 0 atom stereocenters. The maximum absolute atomic E-state index is 11.7. The maximum atomic E-state index is 11.7. The first-order valence-corrected chi connectivity index (χ1v) is 18.3. The number of carboxylic acid groups (broad SMARTS) is 4. The number of nitrogens with one attached hydrogen (secondary N) is 4. The Morgan fingerprint density at radius 2 is 0.640 bits per heavy atom. The van der Waals surface area contributed by atoms with Gasteiger partial charge in [0, 0.05) is 0 Å². The minimum absolute atomic E-state index is 0.0540. The molecular weight excluding hydrogens is 699 g/mol. The van der Waals surface area contributed by atoms with Crippen molar-refractivity contribution < 1.29 is 60.0 Å². The molecule has 0 spiro atoms. The number of aromatic hydroxyl groups is 4. The van der Waals surface area contributed by atoms with Crippen molar-refractivity contribution in [2.24, 2.45) is 0 Å². The summed E-state index contributed by atoms with van der Waals surface area (Å²) in [6, 6.07) is 13.8. The van der Waals surface area contributed by atoms with Crippen molar-refractivity contribution in [1.29, 1.82) is 0 Å². The summed E-state index contributed by atoms with van der Waals surface area (Å²) in [5, 5.41) is 92.2. The zero-order valence-corrected chi connectivity index (χ0v) is 27.4. The van der Waals surface area contributed by atoms with Crippen molar-refractivity contribution >= 4 is 63.8 Å². The van der Waals surface area contributed by atoms with Crippen LogP contribution in [0.1, 0.15) is 41.4 Å². The van der Waals surface area contributed by atoms with Crippen molar-refractivity contribution in [3.63, 3.8) is 0 Å². The molecule has 0 unspecified atom stereocenters. The molecule has 0 aliphatic carbocycles. The molecule has 0 aliphatic heterocycles. The molecule has 0 aliphatic rings. The standard InChI is InChI=1S/C32H32ClN4O12P/c33-50(13-34-21-9-17(29(42)43)1-5-25(21)38,14-35-22-10-18(30(44)45)2-6-26(22)39,15-36-23-11-19(31(46)47)3-7-27(23)40)16-37-24-12-20(32(48)49)4-8-28(24)41/h1-12,34-41H,13-16H2,(H,42,43)(H,44,45)(H,46,47)(H,48,49). The third-order valence-electron chi connectivity index (χ3n) is 7.63. The molecule has 0 saturated heterocycles. The molecule has 264 valence electrons. The fraction of sp³-hybridized carbons (Fsp3) is 0.125. The van der Waals surface area contributed by atoms with Crippen LogP contribution in [-0.4, -0.2) is 89.9 Å². The number of carbonyl (C=O) groups is 4. The topological polar surface area (TPSA) is 278 Å². The first kappa shape index (κ1) is 36.7. The number of halogens is 1. The van der Waals surface area contributed by atoms with E-state index in [1.165, 1.54) is 24.3 Å². The van der Waals surface area contributed by atoms with Crippen LogP contribution in [0.5, 0.6) is 23.0 Å². The Hall–Kier alpha value is -6.12. The average molecular weight is 731 g/mol. The van der Waals surface area contributed by atoms with Gasteiger partial charge in [-0.15, -0.1) is 0 Å². The Kier molecular flexibility index (Phi) is 10.7. The summed E-state index contributed by atoms with van der Waals surface area (Å²) in [6.07, 6.45) is -1.19. The molecular formula is C32H32ClN4O12P. The van der Waals surface area contributed by atoms with Crippen LogP contribution in [0.15, 0.2) is 72.8 Å². The van der Waals surface area contributed by atoms with Gasteiger partial charge >= 0.3 is 288 Å². The number of carboxylic acids is 4. The average Bonchev–Trinajstić information content (AvgIpc) is 3.06. The third-order valence-corrected chi connectivity index (χ3v) is 12.9. The molecule has 16 nitrogen and oxygen atoms in total. The Morgan fingerprint density at radius 1 is 0.440 bits per heavy atom. The zero-order valence-electron chi connectivity index (χ0n) is 25.8. The molecule has 0 aromatic heterocycles. The molecule has 50 heavy (non-hydrogen) atoms. The summed E-state index contributed by atoms with van der Waals surface area (Å²) in [4.78, 5) is 46.7. The van der Waals surface area contributed by atoms with Crippen LogP contribution >= 0.6 is 17.2 Å². The van der Waals surface area contributed by atoms with E-state index in [-0.39, 0.29) is 93.1 Å². The summed E-state index contributed by atoms with van der Waals surface area (Å²) in [7, 11) is 0. The number of anilines is 4. The van der Waals surface area contributed by atoms with Gasteiger partial charge in [0.05, 0.1) is 0 Å². The van der Waals surface area contributed by atoms with E-state index in [2.05, 4.69) is 21.3 Å². The van der Waals surface area contributed by atoms with Crippen molar-refractivity contribution in [2.75, 3.05) is 46.4 Å². The molecule has 0 radical (unpaired) electrons. The van der Waals surface area contributed by atoms with Gasteiger partial charge in [-0.3, -0.25) is 0 Å². The SMILES string of the molecule is O=C(O)c1ccc(O)c(NCP(Cl)(CNc2cc(C(=O)O)ccc2O)(CNc2cc(C(=O)O)ccc2O)CNc2cc(C(=O)O)ccc2O)c1. The number of hydrogen-bond donors (Lipinski definition) is 12. The summed E-state index contributed by atoms with van der Waals surface area (Å²) in [5.74, 6) is -10.9. The molecule has 0 heterocycles. The second-order valence-corrected chi connectivity index (χ2v) is 19.1. The van der Waals surface area contributed by atoms with Gasteiger partial charge in [0.15, 0.2) is 0 Å². The minimum atomic E-state index is -4.32. The van der Waals surface area contributed by atoms with Gasteiger partial charge in [-0.2, -0.15) is 0 Å². The van der Waals surface area contributed by atoms with Gasteiger partial charge in [0.25, 0.3) is 0 Å². The number of phenolic OH excluding ortho intramolecular Hbond substituents is 4. The van der Waals surface area contributed by atoms with Crippen molar-refractivity contribution in [3.05, 3.63) is 95.1 Å². The summed E-state index contributed by atoms with van der Waals surface area (Å²) < 4.78 is 0. The monoisotopic (exact) mass is 730 g/mol. The van der Waals surface area contributed by atoms with Crippen LogP contribution in [0.2, 0.25) is 0 Å². The quantitative estimate of drug-likeness (QED) is 0.0494. The fourth-order valence-corrected chi connectivity index (χ4v) is 8.36. The van der Waals surface area contributed by atoms with Crippen LogP contribution in [0.4, 0.5) is 22.7 Å². The summed E-state index contributed by atoms with van der Waals surface area (Å²) in [5.41, 5.74) is -0.954. The molecule has 4 rings (SSSR count). The van der Waals surface area contributed by atoms with E-state index in [0.717, 1.165) is 48.5 Å².